The minimum absolute atomic E-state index is 0. The Morgan fingerprint density at radius 2 is 1.62 bits per heavy atom. The van der Waals surface area contributed by atoms with Crippen LogP contribution in [0.4, 0.5) is 0 Å². The molecule has 0 aliphatic rings. The molecular formula is C22H29NO3SiWY-2. The summed E-state index contributed by atoms with van der Waals surface area (Å²) in [7, 11) is 0.108. The van der Waals surface area contributed by atoms with Crippen molar-refractivity contribution in [3.8, 4) is 16.9 Å². The number of rotatable bonds is 7. The Kier molecular flexibility index (Phi) is 14.2. The van der Waals surface area contributed by atoms with Crippen LogP contribution in [0.15, 0.2) is 48.5 Å². The van der Waals surface area contributed by atoms with Gasteiger partial charge in [-0.1, -0.05) is 43.9 Å². The van der Waals surface area contributed by atoms with Gasteiger partial charge in [0.25, 0.3) is 5.91 Å². The van der Waals surface area contributed by atoms with E-state index in [-0.39, 0.29) is 72.9 Å². The standard InChI is InChI=1S/C21H26NO3Si.CH3.W.Y/c1-15(23)20(14-26(3,4)5)22-21(24)18-10-6-8-16(12-18)17-9-7-11-19(13-17)25-2;;;/h6-13,20H,1,14H2,2-5H3,(H,22,24);1H3;;/q2*-1;;/t20-;;;/m0.../s1. The number of nitrogens with one attached hydrogen (secondary N) is 1. The topological polar surface area (TPSA) is 55.4 Å². The number of benzene rings is 2. The Morgan fingerprint density at radius 1 is 1.07 bits per heavy atom. The number of hydrogen-bond donors (Lipinski definition) is 1. The van der Waals surface area contributed by atoms with Gasteiger partial charge in [0.15, 0.2) is 0 Å². The van der Waals surface area contributed by atoms with Crippen LogP contribution in [-0.2, 0) is 58.6 Å². The molecule has 0 heterocycles. The van der Waals surface area contributed by atoms with Gasteiger partial charge in [0.1, 0.15) is 5.75 Å². The van der Waals surface area contributed by atoms with Gasteiger partial charge in [-0.2, -0.15) is 0 Å². The van der Waals surface area contributed by atoms with Crippen molar-refractivity contribution in [3.05, 3.63) is 68.4 Å². The second kappa shape index (κ2) is 13.5. The molecule has 0 fully saturated rings. The molecule has 155 valence electrons. The molecule has 2 aromatic carbocycles. The predicted molar refractivity (Wildman–Crippen MR) is 115 cm³/mol. The summed E-state index contributed by atoms with van der Waals surface area (Å²) in [6.07, 6.45) is 0. The number of amides is 1. The average molecular weight is 656 g/mol. The van der Waals surface area contributed by atoms with Crippen molar-refractivity contribution in [3.63, 3.8) is 0 Å². The summed E-state index contributed by atoms with van der Waals surface area (Å²) < 4.78 is 5.26. The molecule has 2 rings (SSSR count). The second-order valence-electron chi connectivity index (χ2n) is 7.57. The van der Waals surface area contributed by atoms with Gasteiger partial charge in [-0.25, -0.2) is 0 Å². The number of carbonyl (C=O) groups excluding carboxylic acids is 2. The molecule has 4 nitrogen and oxygen atoms in total. The number of hydrogen-bond acceptors (Lipinski definition) is 3. The fourth-order valence-electron chi connectivity index (χ4n) is 2.74. The van der Waals surface area contributed by atoms with Crippen LogP contribution in [-0.4, -0.2) is 32.9 Å². The van der Waals surface area contributed by atoms with E-state index in [9.17, 15) is 9.59 Å². The van der Waals surface area contributed by atoms with E-state index in [1.54, 1.807) is 13.2 Å². The summed E-state index contributed by atoms with van der Waals surface area (Å²) in [5.41, 5.74) is 2.40. The third-order valence-electron chi connectivity index (χ3n) is 4.04. The molecule has 7 heteroatoms. The van der Waals surface area contributed by atoms with E-state index in [0.29, 0.717) is 11.6 Å². The molecule has 1 radical (unpaired) electrons. The minimum atomic E-state index is -1.51. The molecule has 29 heavy (non-hydrogen) atoms. The van der Waals surface area contributed by atoms with Gasteiger partial charge in [0.05, 0.1) is 13.2 Å². The van der Waals surface area contributed by atoms with Crippen LogP contribution in [0.3, 0.4) is 0 Å². The Bertz CT molecular complexity index is 809. The van der Waals surface area contributed by atoms with Crippen LogP contribution in [0.2, 0.25) is 25.7 Å². The van der Waals surface area contributed by atoms with Crippen molar-refractivity contribution in [2.75, 3.05) is 7.11 Å². The number of Topliss-reactive ketones (excluding diaryl/α,β-unsaturated/α-hetero) is 1. The van der Waals surface area contributed by atoms with E-state index < -0.39 is 14.1 Å². The Hall–Kier alpha value is -0.741. The average Bonchev–Trinajstić information content (AvgIpc) is 2.60. The quantitative estimate of drug-likeness (QED) is 0.349. The second-order valence-corrected chi connectivity index (χ2v) is 13.1. The van der Waals surface area contributed by atoms with E-state index in [1.807, 2.05) is 42.5 Å². The first-order valence-corrected chi connectivity index (χ1v) is 12.3. The molecule has 0 saturated heterocycles. The summed E-state index contributed by atoms with van der Waals surface area (Å²) in [6, 6.07) is 15.2. The summed E-state index contributed by atoms with van der Waals surface area (Å²) in [5, 5.41) is 2.85. The van der Waals surface area contributed by atoms with Crippen LogP contribution in [0, 0.1) is 14.4 Å². The summed E-state index contributed by atoms with van der Waals surface area (Å²) in [5.74, 6) is 0.259. The van der Waals surface area contributed by atoms with Crippen LogP contribution in [0.5, 0.6) is 5.75 Å². The molecule has 0 spiro atoms. The van der Waals surface area contributed by atoms with E-state index in [1.165, 1.54) is 0 Å². The predicted octanol–water partition coefficient (Wildman–Crippen LogP) is 4.65. The molecule has 0 unspecified atom stereocenters. The van der Waals surface area contributed by atoms with E-state index in [4.69, 9.17) is 4.74 Å². The fraction of sp³-hybridized carbons (Fsp3) is 0.273. The summed E-state index contributed by atoms with van der Waals surface area (Å²) in [4.78, 5) is 24.5. The molecule has 1 N–H and O–H groups in total. The first kappa shape index (κ1) is 30.5. The van der Waals surface area contributed by atoms with Gasteiger partial charge in [-0.3, -0.25) is 4.79 Å². The summed E-state index contributed by atoms with van der Waals surface area (Å²) in [6.45, 7) is 10.0. The maximum Gasteiger partial charge on any atom is 0.251 e. The van der Waals surface area contributed by atoms with Crippen LogP contribution in [0.1, 0.15) is 10.4 Å². The third kappa shape index (κ3) is 9.74. The number of methoxy groups -OCH3 is 1. The normalized spacial score (nSPS) is 11.0. The van der Waals surface area contributed by atoms with Gasteiger partial charge < -0.3 is 29.2 Å². The Balaban J connectivity index is 0. The van der Waals surface area contributed by atoms with Crippen molar-refractivity contribution in [1.29, 1.82) is 0 Å². The molecule has 1 amide bonds. The van der Waals surface area contributed by atoms with Crippen molar-refractivity contribution < 1.29 is 68.1 Å². The SMILES string of the molecule is [CH2-]C(=O)[C@H](C[Si](C)(C)C)NC(=O)c1cccc(-c2cccc(OC)c2)c1.[CH3-].[W].[Y]. The molecule has 1 atom stereocenters. The first-order valence-electron chi connectivity index (χ1n) is 8.61. The number of ketones is 1. The first-order chi connectivity index (χ1) is 12.2. The fourth-order valence-corrected chi connectivity index (χ4v) is 4.30. The third-order valence-corrected chi connectivity index (χ3v) is 5.67. The van der Waals surface area contributed by atoms with Crippen molar-refractivity contribution in [1.82, 2.24) is 5.32 Å². The van der Waals surface area contributed by atoms with Gasteiger partial charge in [-0.05, 0) is 41.4 Å². The maximum atomic E-state index is 12.7. The Labute approximate surface area is 215 Å². The molecule has 2 aromatic rings. The molecule has 0 aliphatic heterocycles. The van der Waals surface area contributed by atoms with Crippen LogP contribution >= 0.6 is 0 Å². The zero-order valence-electron chi connectivity index (χ0n) is 17.8. The molecule has 0 bridgehead atoms. The number of ether oxygens (including phenoxy) is 1. The van der Waals surface area contributed by atoms with Gasteiger partial charge >= 0.3 is 0 Å². The largest absolute Gasteiger partial charge is 0.497 e. The summed E-state index contributed by atoms with van der Waals surface area (Å²) >= 11 is 0. The van der Waals surface area contributed by atoms with E-state index in [0.717, 1.165) is 16.9 Å². The maximum absolute atomic E-state index is 12.7. The number of carbonyl (C=O) groups is 2. The zero-order valence-corrected chi connectivity index (χ0v) is 24.6. The van der Waals surface area contributed by atoms with E-state index in [2.05, 4.69) is 31.9 Å². The van der Waals surface area contributed by atoms with Gasteiger partial charge in [0, 0.05) is 73.2 Å². The van der Waals surface area contributed by atoms with Crippen molar-refractivity contribution >= 4 is 19.8 Å². The molecular weight excluding hydrogens is 627 g/mol. The van der Waals surface area contributed by atoms with E-state index >= 15 is 0 Å². The molecule has 0 aliphatic carbocycles. The van der Waals surface area contributed by atoms with Crippen molar-refractivity contribution in [2.24, 2.45) is 0 Å². The molecule has 0 aromatic heterocycles. The van der Waals surface area contributed by atoms with Gasteiger partial charge in [0.2, 0.25) is 0 Å². The Morgan fingerprint density at radius 3 is 2.14 bits per heavy atom. The van der Waals surface area contributed by atoms with Crippen LogP contribution in [0.25, 0.3) is 11.1 Å². The van der Waals surface area contributed by atoms with Gasteiger partial charge in [-0.15, -0.1) is 0 Å². The zero-order chi connectivity index (χ0) is 19.3. The molecule has 0 saturated carbocycles. The monoisotopic (exact) mass is 656 g/mol. The van der Waals surface area contributed by atoms with Crippen molar-refractivity contribution in [2.45, 2.75) is 31.7 Å². The van der Waals surface area contributed by atoms with Crippen LogP contribution < -0.4 is 10.1 Å². The minimum Gasteiger partial charge on any atom is -0.497 e. The smallest absolute Gasteiger partial charge is 0.251 e.